The van der Waals surface area contributed by atoms with Crippen LogP contribution in [0.25, 0.3) is 0 Å². The van der Waals surface area contributed by atoms with Crippen LogP contribution in [0.5, 0.6) is 0 Å². The summed E-state index contributed by atoms with van der Waals surface area (Å²) in [7, 11) is 0. The summed E-state index contributed by atoms with van der Waals surface area (Å²) in [6.07, 6.45) is 0. The van der Waals surface area contributed by atoms with Crippen LogP contribution in [-0.4, -0.2) is 18.3 Å². The van der Waals surface area contributed by atoms with Gasteiger partial charge in [0.25, 0.3) is 0 Å². The molecule has 0 bridgehead atoms. The van der Waals surface area contributed by atoms with E-state index in [2.05, 4.69) is 21.2 Å². The van der Waals surface area contributed by atoms with E-state index < -0.39 is 0 Å². The second-order valence-corrected chi connectivity index (χ2v) is 4.45. The maximum absolute atomic E-state index is 9.38. The number of nitrogens with one attached hydrogen (secondary N) is 1. The van der Waals surface area contributed by atoms with Crippen LogP contribution < -0.4 is 5.32 Å². The number of rotatable bonds is 4. The zero-order valence-electron chi connectivity index (χ0n) is 8.55. The molecule has 0 aromatic heterocycles. The third-order valence-electron chi connectivity index (χ3n) is 2.34. The van der Waals surface area contributed by atoms with Gasteiger partial charge < -0.3 is 10.4 Å². The molecule has 0 aliphatic carbocycles. The highest BCUT2D eigenvalue weighted by atomic mass is 79.9. The number of aliphatic hydroxyl groups is 1. The summed E-state index contributed by atoms with van der Waals surface area (Å²) >= 11 is 3.43. The quantitative estimate of drug-likeness (QED) is 0.868. The van der Waals surface area contributed by atoms with Gasteiger partial charge >= 0.3 is 0 Å². The van der Waals surface area contributed by atoms with Crippen LogP contribution >= 0.6 is 15.9 Å². The molecule has 14 heavy (non-hydrogen) atoms. The lowest BCUT2D eigenvalue weighted by Crippen LogP contribution is -2.42. The summed E-state index contributed by atoms with van der Waals surface area (Å²) in [5.74, 6) is 0. The highest BCUT2D eigenvalue weighted by molar-refractivity contribution is 9.10. The third kappa shape index (κ3) is 2.56. The first kappa shape index (κ1) is 11.7. The summed E-state index contributed by atoms with van der Waals surface area (Å²) < 4.78 is 1.03. The molecule has 1 aromatic carbocycles. The Kier molecular flexibility index (Phi) is 4.11. The van der Waals surface area contributed by atoms with E-state index in [1.54, 1.807) is 0 Å². The fraction of sp³-hybridized carbons (Fsp3) is 0.455. The lowest BCUT2D eigenvalue weighted by Gasteiger charge is -2.29. The van der Waals surface area contributed by atoms with Crippen molar-refractivity contribution < 1.29 is 5.11 Å². The van der Waals surface area contributed by atoms with E-state index in [1.807, 2.05) is 38.1 Å². The molecule has 1 aromatic rings. The minimum atomic E-state index is -0.349. The van der Waals surface area contributed by atoms with Gasteiger partial charge in [-0.2, -0.15) is 0 Å². The molecule has 1 rings (SSSR count). The van der Waals surface area contributed by atoms with Crippen LogP contribution in [0.1, 0.15) is 19.4 Å². The number of aliphatic hydroxyl groups excluding tert-OH is 1. The number of benzene rings is 1. The van der Waals surface area contributed by atoms with Crippen LogP contribution in [0, 0.1) is 0 Å². The molecule has 0 heterocycles. The van der Waals surface area contributed by atoms with Crippen LogP contribution in [-0.2, 0) is 5.54 Å². The predicted molar refractivity (Wildman–Crippen MR) is 62.3 cm³/mol. The first-order chi connectivity index (χ1) is 6.62. The topological polar surface area (TPSA) is 32.3 Å². The molecule has 0 spiro atoms. The van der Waals surface area contributed by atoms with E-state index in [0.29, 0.717) is 0 Å². The maximum Gasteiger partial charge on any atom is 0.0652 e. The van der Waals surface area contributed by atoms with Gasteiger partial charge in [-0.05, 0) is 31.2 Å². The second kappa shape index (κ2) is 4.91. The van der Waals surface area contributed by atoms with E-state index in [-0.39, 0.29) is 12.1 Å². The average Bonchev–Trinajstić information content (AvgIpc) is 2.18. The molecule has 0 saturated heterocycles. The Balaban J connectivity index is 2.99. The SMILES string of the molecule is CCNC(C)(CO)c1cccc(Br)c1. The Morgan fingerprint density at radius 3 is 2.71 bits per heavy atom. The Morgan fingerprint density at radius 2 is 2.21 bits per heavy atom. The Morgan fingerprint density at radius 1 is 1.50 bits per heavy atom. The smallest absolute Gasteiger partial charge is 0.0652 e. The van der Waals surface area contributed by atoms with E-state index in [4.69, 9.17) is 0 Å². The van der Waals surface area contributed by atoms with Gasteiger partial charge in [0.1, 0.15) is 0 Å². The molecule has 1 atom stereocenters. The van der Waals surface area contributed by atoms with Gasteiger partial charge in [-0.1, -0.05) is 35.0 Å². The van der Waals surface area contributed by atoms with Crippen molar-refractivity contribution in [3.8, 4) is 0 Å². The first-order valence-electron chi connectivity index (χ1n) is 4.74. The van der Waals surface area contributed by atoms with E-state index in [9.17, 15) is 5.11 Å². The number of likely N-dealkylation sites (N-methyl/N-ethyl adjacent to an activating group) is 1. The summed E-state index contributed by atoms with van der Waals surface area (Å²) in [5.41, 5.74) is 0.745. The standard InChI is InChI=1S/C11H16BrNO/c1-3-13-11(2,8-14)9-5-4-6-10(12)7-9/h4-7,13-14H,3,8H2,1-2H3. The molecule has 2 N–H and O–H groups in total. The molecule has 2 nitrogen and oxygen atoms in total. The lowest BCUT2D eigenvalue weighted by molar-refractivity contribution is 0.177. The summed E-state index contributed by atoms with van der Waals surface area (Å²) in [6, 6.07) is 8.00. The van der Waals surface area contributed by atoms with Crippen molar-refractivity contribution in [1.82, 2.24) is 5.32 Å². The second-order valence-electron chi connectivity index (χ2n) is 3.53. The molecular weight excluding hydrogens is 242 g/mol. The van der Waals surface area contributed by atoms with Crippen LogP contribution in [0.3, 0.4) is 0 Å². The van der Waals surface area contributed by atoms with Gasteiger partial charge in [-0.15, -0.1) is 0 Å². The average molecular weight is 258 g/mol. The Bertz CT molecular complexity index is 303. The summed E-state index contributed by atoms with van der Waals surface area (Å²) in [5, 5.41) is 12.7. The minimum Gasteiger partial charge on any atom is -0.394 e. The maximum atomic E-state index is 9.38. The van der Waals surface area contributed by atoms with Crippen molar-refractivity contribution >= 4 is 15.9 Å². The van der Waals surface area contributed by atoms with Gasteiger partial charge in [0, 0.05) is 4.47 Å². The predicted octanol–water partition coefficient (Wildman–Crippen LogP) is 2.27. The first-order valence-corrected chi connectivity index (χ1v) is 5.53. The summed E-state index contributed by atoms with van der Waals surface area (Å²) in [6.45, 7) is 4.96. The molecule has 78 valence electrons. The molecule has 0 fully saturated rings. The van der Waals surface area contributed by atoms with E-state index >= 15 is 0 Å². The Hall–Kier alpha value is -0.380. The van der Waals surface area contributed by atoms with Gasteiger partial charge in [0.15, 0.2) is 0 Å². The largest absolute Gasteiger partial charge is 0.394 e. The molecule has 0 radical (unpaired) electrons. The molecule has 0 aliphatic rings. The summed E-state index contributed by atoms with van der Waals surface area (Å²) in [4.78, 5) is 0. The molecule has 1 unspecified atom stereocenters. The third-order valence-corrected chi connectivity index (χ3v) is 2.84. The fourth-order valence-electron chi connectivity index (χ4n) is 1.47. The van der Waals surface area contributed by atoms with Crippen molar-refractivity contribution in [2.75, 3.05) is 13.2 Å². The van der Waals surface area contributed by atoms with Crippen LogP contribution in [0.15, 0.2) is 28.7 Å². The molecule has 3 heteroatoms. The van der Waals surface area contributed by atoms with Crippen LogP contribution in [0.4, 0.5) is 0 Å². The highest BCUT2D eigenvalue weighted by Crippen LogP contribution is 2.23. The van der Waals surface area contributed by atoms with Gasteiger partial charge in [0.05, 0.1) is 12.1 Å². The van der Waals surface area contributed by atoms with Gasteiger partial charge in [-0.25, -0.2) is 0 Å². The normalized spacial score (nSPS) is 15.1. The zero-order valence-corrected chi connectivity index (χ0v) is 10.1. The van der Waals surface area contributed by atoms with Crippen molar-refractivity contribution in [2.45, 2.75) is 19.4 Å². The van der Waals surface area contributed by atoms with Gasteiger partial charge in [0.2, 0.25) is 0 Å². The number of hydrogen-bond acceptors (Lipinski definition) is 2. The highest BCUT2D eigenvalue weighted by Gasteiger charge is 2.24. The van der Waals surface area contributed by atoms with Crippen molar-refractivity contribution in [1.29, 1.82) is 0 Å². The lowest BCUT2D eigenvalue weighted by atomic mass is 9.93. The van der Waals surface area contributed by atoms with Crippen molar-refractivity contribution in [3.63, 3.8) is 0 Å². The number of halogens is 1. The Labute approximate surface area is 93.5 Å². The van der Waals surface area contributed by atoms with E-state index in [0.717, 1.165) is 16.6 Å². The molecule has 0 saturated carbocycles. The van der Waals surface area contributed by atoms with Crippen molar-refractivity contribution in [3.05, 3.63) is 34.3 Å². The molecule has 0 amide bonds. The monoisotopic (exact) mass is 257 g/mol. The minimum absolute atomic E-state index is 0.0945. The number of hydrogen-bond donors (Lipinski definition) is 2. The molecule has 0 aliphatic heterocycles. The molecular formula is C11H16BrNO. The van der Waals surface area contributed by atoms with Crippen LogP contribution in [0.2, 0.25) is 0 Å². The van der Waals surface area contributed by atoms with Gasteiger partial charge in [-0.3, -0.25) is 0 Å². The zero-order chi connectivity index (χ0) is 10.6. The van der Waals surface area contributed by atoms with Crippen molar-refractivity contribution in [2.24, 2.45) is 0 Å². The van der Waals surface area contributed by atoms with E-state index in [1.165, 1.54) is 0 Å². The fourth-order valence-corrected chi connectivity index (χ4v) is 1.87.